The van der Waals surface area contributed by atoms with Crippen LogP contribution in [0.2, 0.25) is 0 Å². The van der Waals surface area contributed by atoms with Gasteiger partial charge < -0.3 is 15.8 Å². The zero-order valence-corrected chi connectivity index (χ0v) is 15.4. The number of hydrogen-bond donors (Lipinski definition) is 3. The summed E-state index contributed by atoms with van der Waals surface area (Å²) < 4.78 is 28.4. The topological polar surface area (TPSA) is 155 Å². The Labute approximate surface area is 145 Å². The molecule has 0 aromatic carbocycles. The van der Waals surface area contributed by atoms with E-state index in [1.165, 1.54) is 10.8 Å². The SMILES string of the molecule is CCCCOP(=O)(O)OC[C@H]1CC[C@H](n2cc(C)c(=O)[nH]c2=O)O1.N. The minimum Gasteiger partial charge on any atom is -0.352 e. The van der Waals surface area contributed by atoms with Gasteiger partial charge in [-0.25, -0.2) is 9.36 Å². The van der Waals surface area contributed by atoms with Crippen molar-refractivity contribution in [1.29, 1.82) is 0 Å². The van der Waals surface area contributed by atoms with Gasteiger partial charge in [-0.2, -0.15) is 0 Å². The van der Waals surface area contributed by atoms with Crippen LogP contribution in [0.15, 0.2) is 15.8 Å². The molecule has 0 saturated carbocycles. The molecule has 5 N–H and O–H groups in total. The smallest absolute Gasteiger partial charge is 0.352 e. The molecule has 0 aliphatic carbocycles. The molecule has 1 aliphatic rings. The first-order chi connectivity index (χ1) is 11.3. The molecule has 1 saturated heterocycles. The molecule has 1 aromatic rings. The first-order valence-corrected chi connectivity index (χ1v) is 9.41. The number of nitrogens with one attached hydrogen (secondary N) is 1. The summed E-state index contributed by atoms with van der Waals surface area (Å²) in [5.74, 6) is 0. The highest BCUT2D eigenvalue weighted by Crippen LogP contribution is 2.44. The highest BCUT2D eigenvalue weighted by Gasteiger charge is 2.30. The molecular weight excluding hydrogens is 353 g/mol. The number of rotatable bonds is 8. The first-order valence-electron chi connectivity index (χ1n) is 7.92. The molecule has 1 aliphatic heterocycles. The Morgan fingerprint density at radius 3 is 2.80 bits per heavy atom. The van der Waals surface area contributed by atoms with E-state index in [-0.39, 0.29) is 19.4 Å². The predicted molar refractivity (Wildman–Crippen MR) is 90.9 cm³/mol. The molecule has 25 heavy (non-hydrogen) atoms. The van der Waals surface area contributed by atoms with Crippen molar-refractivity contribution < 1.29 is 23.2 Å². The maximum absolute atomic E-state index is 11.8. The summed E-state index contributed by atoms with van der Waals surface area (Å²) in [6.07, 6.45) is 3.09. The van der Waals surface area contributed by atoms with E-state index < -0.39 is 31.4 Å². The molecule has 2 rings (SSSR count). The fourth-order valence-corrected chi connectivity index (χ4v) is 3.14. The molecule has 10 nitrogen and oxygen atoms in total. The van der Waals surface area contributed by atoms with Crippen molar-refractivity contribution in [1.82, 2.24) is 15.7 Å². The Morgan fingerprint density at radius 1 is 1.40 bits per heavy atom. The first kappa shape index (κ1) is 21.8. The van der Waals surface area contributed by atoms with Crippen LogP contribution in [-0.2, 0) is 18.3 Å². The second kappa shape index (κ2) is 9.42. The normalized spacial score (nSPS) is 22.4. The minimum atomic E-state index is -4.09. The lowest BCUT2D eigenvalue weighted by atomic mass is 10.2. The number of unbranched alkanes of at least 4 members (excludes halogenated alkanes) is 1. The van der Waals surface area contributed by atoms with Gasteiger partial charge in [0.2, 0.25) is 0 Å². The predicted octanol–water partition coefficient (Wildman–Crippen LogP) is 1.62. The summed E-state index contributed by atoms with van der Waals surface area (Å²) in [4.78, 5) is 35.0. The minimum absolute atomic E-state index is 0. The molecule has 144 valence electrons. The van der Waals surface area contributed by atoms with Crippen LogP contribution in [0, 0.1) is 6.92 Å². The van der Waals surface area contributed by atoms with Crippen molar-refractivity contribution in [2.24, 2.45) is 0 Å². The number of phosphoric acid groups is 1. The van der Waals surface area contributed by atoms with Crippen LogP contribution in [0.25, 0.3) is 0 Å². The summed E-state index contributed by atoms with van der Waals surface area (Å²) in [5, 5.41) is 0. The third-order valence-electron chi connectivity index (χ3n) is 3.72. The average molecular weight is 379 g/mol. The van der Waals surface area contributed by atoms with E-state index in [0.717, 1.165) is 6.42 Å². The summed E-state index contributed by atoms with van der Waals surface area (Å²) in [5.41, 5.74) is -0.574. The lowest BCUT2D eigenvalue weighted by molar-refractivity contribution is -0.0260. The maximum atomic E-state index is 11.8. The fraction of sp³-hybridized carbons (Fsp3) is 0.714. The van der Waals surface area contributed by atoms with Crippen molar-refractivity contribution in [2.45, 2.75) is 51.9 Å². The van der Waals surface area contributed by atoms with Crippen LogP contribution < -0.4 is 17.4 Å². The summed E-state index contributed by atoms with van der Waals surface area (Å²) in [6.45, 7) is 3.59. The molecule has 3 atom stereocenters. The van der Waals surface area contributed by atoms with Crippen LogP contribution in [-0.4, -0.2) is 33.8 Å². The van der Waals surface area contributed by atoms with E-state index in [1.54, 1.807) is 6.92 Å². The lowest BCUT2D eigenvalue weighted by Gasteiger charge is -2.17. The van der Waals surface area contributed by atoms with Crippen molar-refractivity contribution in [3.63, 3.8) is 0 Å². The molecule has 0 amide bonds. The third kappa shape index (κ3) is 6.18. The van der Waals surface area contributed by atoms with Crippen LogP contribution in [0.4, 0.5) is 0 Å². The number of hydrogen-bond acceptors (Lipinski definition) is 7. The van der Waals surface area contributed by atoms with Gasteiger partial charge in [-0.1, -0.05) is 13.3 Å². The second-order valence-electron chi connectivity index (χ2n) is 5.72. The number of nitrogens with zero attached hydrogens (tertiary/aromatic N) is 1. The maximum Gasteiger partial charge on any atom is 0.472 e. The van der Waals surface area contributed by atoms with Gasteiger partial charge in [0, 0.05) is 11.8 Å². The number of aryl methyl sites for hydroxylation is 1. The van der Waals surface area contributed by atoms with Gasteiger partial charge in [0.15, 0.2) is 0 Å². The quantitative estimate of drug-likeness (QED) is 0.454. The Balaban J connectivity index is 0.00000312. The summed E-state index contributed by atoms with van der Waals surface area (Å²) in [6, 6.07) is 0. The molecule has 0 radical (unpaired) electrons. The molecule has 2 heterocycles. The zero-order valence-electron chi connectivity index (χ0n) is 14.5. The molecule has 0 bridgehead atoms. The van der Waals surface area contributed by atoms with Crippen LogP contribution in [0.5, 0.6) is 0 Å². The Kier molecular flexibility index (Phi) is 8.20. The molecular formula is C14H26N3O7P. The van der Waals surface area contributed by atoms with Crippen LogP contribution >= 0.6 is 7.82 Å². The number of ether oxygens (including phenoxy) is 1. The zero-order chi connectivity index (χ0) is 17.7. The van der Waals surface area contributed by atoms with Gasteiger partial charge in [0.1, 0.15) is 6.23 Å². The van der Waals surface area contributed by atoms with E-state index >= 15 is 0 Å². The van der Waals surface area contributed by atoms with Crippen molar-refractivity contribution in [2.75, 3.05) is 13.2 Å². The second-order valence-corrected chi connectivity index (χ2v) is 7.17. The highest BCUT2D eigenvalue weighted by atomic mass is 31.2. The molecule has 1 fully saturated rings. The van der Waals surface area contributed by atoms with Crippen LogP contribution in [0.1, 0.15) is 44.4 Å². The lowest BCUT2D eigenvalue weighted by Crippen LogP contribution is -2.33. The number of aromatic amines is 1. The van der Waals surface area contributed by atoms with E-state index in [0.29, 0.717) is 24.8 Å². The number of phosphoric ester groups is 1. The largest absolute Gasteiger partial charge is 0.472 e. The average Bonchev–Trinajstić information content (AvgIpc) is 2.98. The Morgan fingerprint density at radius 2 is 2.12 bits per heavy atom. The van der Waals surface area contributed by atoms with E-state index in [9.17, 15) is 19.0 Å². The monoisotopic (exact) mass is 379 g/mol. The van der Waals surface area contributed by atoms with E-state index in [1.807, 2.05) is 6.92 Å². The molecule has 1 aromatic heterocycles. The van der Waals surface area contributed by atoms with Gasteiger partial charge in [0.25, 0.3) is 5.56 Å². The Bertz CT molecular complexity index is 717. The van der Waals surface area contributed by atoms with Crippen molar-refractivity contribution >= 4 is 7.82 Å². The van der Waals surface area contributed by atoms with E-state index in [4.69, 9.17) is 13.8 Å². The number of aromatic nitrogens is 2. The van der Waals surface area contributed by atoms with Crippen molar-refractivity contribution in [3.05, 3.63) is 32.6 Å². The van der Waals surface area contributed by atoms with Gasteiger partial charge in [-0.05, 0) is 26.2 Å². The molecule has 11 heteroatoms. The fourth-order valence-electron chi connectivity index (χ4n) is 2.35. The third-order valence-corrected chi connectivity index (χ3v) is 4.70. The Hall–Kier alpha value is -1.29. The van der Waals surface area contributed by atoms with Gasteiger partial charge in [-0.15, -0.1) is 0 Å². The number of H-pyrrole nitrogens is 1. The van der Waals surface area contributed by atoms with E-state index in [2.05, 4.69) is 4.98 Å². The molecule has 0 spiro atoms. The van der Waals surface area contributed by atoms with Crippen molar-refractivity contribution in [3.8, 4) is 0 Å². The highest BCUT2D eigenvalue weighted by molar-refractivity contribution is 7.47. The van der Waals surface area contributed by atoms with Gasteiger partial charge >= 0.3 is 13.5 Å². The molecule has 1 unspecified atom stereocenters. The summed E-state index contributed by atoms with van der Waals surface area (Å²) >= 11 is 0. The summed E-state index contributed by atoms with van der Waals surface area (Å²) in [7, 11) is -4.09. The van der Waals surface area contributed by atoms with Crippen LogP contribution in [0.3, 0.4) is 0 Å². The van der Waals surface area contributed by atoms with Gasteiger partial charge in [0.05, 0.1) is 19.3 Å². The van der Waals surface area contributed by atoms with Gasteiger partial charge in [-0.3, -0.25) is 23.4 Å². The standard InChI is InChI=1S/C14H23N2O7P.H3N/c1-3-4-7-21-24(19,20)22-9-11-5-6-12(23-11)16-8-10(2)13(17)15-14(16)18;/h8,11-12H,3-7,9H2,1-2H3,(H,19,20)(H,15,17,18);1H3/t11-,12-;/m1./s1.